The van der Waals surface area contributed by atoms with Crippen LogP contribution in [0, 0.1) is 12.8 Å². The molecule has 49 heavy (non-hydrogen) atoms. The predicted octanol–water partition coefficient (Wildman–Crippen LogP) is 3.17. The van der Waals surface area contributed by atoms with Gasteiger partial charge in [-0.15, -0.1) is 23.7 Å². The third kappa shape index (κ3) is 9.15. The number of benzene rings is 2. The molecule has 0 aliphatic carbocycles. The third-order valence-electron chi connectivity index (χ3n) is 8.58. The van der Waals surface area contributed by atoms with Gasteiger partial charge in [-0.05, 0) is 36.1 Å². The molecule has 1 saturated heterocycles. The average Bonchev–Trinajstić information content (AvgIpc) is 3.78. The maximum absolute atomic E-state index is 14.1. The highest BCUT2D eigenvalue weighted by molar-refractivity contribution is 7.13. The molecule has 14 heteroatoms. The van der Waals surface area contributed by atoms with Crippen molar-refractivity contribution in [3.63, 3.8) is 0 Å². The van der Waals surface area contributed by atoms with Gasteiger partial charge in [-0.3, -0.25) is 14.4 Å². The number of nitrogens with one attached hydrogen (secondary N) is 1. The van der Waals surface area contributed by atoms with Crippen molar-refractivity contribution in [3.8, 4) is 16.2 Å². The number of hydrogen-bond donors (Lipinski definition) is 3. The number of rotatable bonds is 16. The van der Waals surface area contributed by atoms with Gasteiger partial charge in [0.05, 0.1) is 48.6 Å². The molecule has 0 spiro atoms. The number of β-amino-alcohol motifs (C(OH)–C–C–N with tert-alkyl or cyclic N) is 1. The number of likely N-dealkylation sites (tertiary alicyclic amines) is 1. The maximum Gasteiger partial charge on any atom is 0.255 e. The third-order valence-corrected chi connectivity index (χ3v) is 9.56. The van der Waals surface area contributed by atoms with E-state index >= 15 is 0 Å². The van der Waals surface area contributed by atoms with E-state index in [2.05, 4.69) is 10.3 Å². The van der Waals surface area contributed by atoms with E-state index in [4.69, 9.17) is 19.9 Å². The topological polar surface area (TPSA) is 157 Å². The number of fused-ring (bicyclic) bond motifs is 1. The summed E-state index contributed by atoms with van der Waals surface area (Å²) >= 11 is 1.54. The Hall–Kier alpha value is -3.59. The van der Waals surface area contributed by atoms with Crippen LogP contribution in [-0.4, -0.2) is 102 Å². The number of amides is 3. The molecule has 5 rings (SSSR count). The summed E-state index contributed by atoms with van der Waals surface area (Å²) in [7, 11) is 0. The number of aromatic nitrogens is 1. The van der Waals surface area contributed by atoms with Crippen LogP contribution in [-0.2, 0) is 32.2 Å². The van der Waals surface area contributed by atoms with Gasteiger partial charge < -0.3 is 40.2 Å². The molecule has 3 aromatic rings. The maximum atomic E-state index is 14.1. The Morgan fingerprint density at radius 3 is 2.53 bits per heavy atom. The summed E-state index contributed by atoms with van der Waals surface area (Å²) in [5.41, 5.74) is 11.3. The van der Waals surface area contributed by atoms with E-state index in [0.29, 0.717) is 50.8 Å². The molecule has 3 heterocycles. The van der Waals surface area contributed by atoms with Crippen LogP contribution in [0.5, 0.6) is 5.75 Å². The number of carbonyl (C=O) groups excluding carboxylic acids is 3. The van der Waals surface area contributed by atoms with Gasteiger partial charge in [-0.1, -0.05) is 44.2 Å². The molecule has 0 bridgehead atoms. The molecule has 266 valence electrons. The summed E-state index contributed by atoms with van der Waals surface area (Å²) < 4.78 is 17.1. The summed E-state index contributed by atoms with van der Waals surface area (Å²) in [6.07, 6.45) is -0.749. The summed E-state index contributed by atoms with van der Waals surface area (Å²) in [5, 5.41) is 13.6. The lowest BCUT2D eigenvalue weighted by Crippen LogP contribution is -2.55. The molecule has 2 aliphatic heterocycles. The summed E-state index contributed by atoms with van der Waals surface area (Å²) in [4.78, 5) is 49.5. The van der Waals surface area contributed by atoms with Crippen LogP contribution < -0.4 is 15.8 Å². The average molecular weight is 716 g/mol. The second-order valence-corrected chi connectivity index (χ2v) is 13.2. The quantitative estimate of drug-likeness (QED) is 0.190. The zero-order valence-electron chi connectivity index (χ0n) is 28.1. The first-order valence-corrected chi connectivity index (χ1v) is 17.2. The largest absolute Gasteiger partial charge is 0.491 e. The number of ether oxygens (including phenoxy) is 3. The van der Waals surface area contributed by atoms with Gasteiger partial charge in [0, 0.05) is 43.7 Å². The van der Waals surface area contributed by atoms with Gasteiger partial charge in [0.15, 0.2) is 0 Å². The van der Waals surface area contributed by atoms with Crippen molar-refractivity contribution in [1.82, 2.24) is 20.1 Å². The van der Waals surface area contributed by atoms with Crippen LogP contribution in [0.2, 0.25) is 0 Å². The number of hydrogen-bond acceptors (Lipinski definition) is 10. The van der Waals surface area contributed by atoms with Crippen LogP contribution in [0.3, 0.4) is 0 Å². The number of carbonyl (C=O) groups is 3. The lowest BCUT2D eigenvalue weighted by atomic mass is 10.0. The van der Waals surface area contributed by atoms with Crippen LogP contribution in [0.4, 0.5) is 0 Å². The lowest BCUT2D eigenvalue weighted by molar-refractivity contribution is -0.143. The number of aliphatic hydroxyl groups excluding tert-OH is 1. The molecule has 1 fully saturated rings. The van der Waals surface area contributed by atoms with Crippen molar-refractivity contribution in [3.05, 3.63) is 70.4 Å². The molecule has 3 atom stereocenters. The minimum Gasteiger partial charge on any atom is -0.491 e. The Morgan fingerprint density at radius 2 is 1.84 bits per heavy atom. The van der Waals surface area contributed by atoms with E-state index in [9.17, 15) is 19.5 Å². The zero-order valence-corrected chi connectivity index (χ0v) is 29.8. The number of nitrogens with zero attached hydrogens (tertiary/aromatic N) is 3. The molecular weight excluding hydrogens is 670 g/mol. The molecule has 12 nitrogen and oxygen atoms in total. The number of halogens is 1. The van der Waals surface area contributed by atoms with Gasteiger partial charge in [0.1, 0.15) is 24.4 Å². The standard InChI is InChI=1S/C35H45N5O7S.ClH/c1-22(2)31(40-19-26-6-4-5-7-28(26)34(40)43)35(44)39-20-27(41)17-29(39)33(42)37-18-25-9-8-24(32-23(3)38-21-48-32)16-30(25)47-15-14-46-13-12-45-11-10-36;/h4-9,16,21-22,27,29,31,41H,10-15,17-20,36H2,1-3H3,(H,37,42);1H/t27-,29+,31+;/m0./s1. The zero-order chi connectivity index (χ0) is 34.2. The van der Waals surface area contributed by atoms with Gasteiger partial charge in [-0.25, -0.2) is 4.98 Å². The smallest absolute Gasteiger partial charge is 0.255 e. The first-order chi connectivity index (χ1) is 23.2. The van der Waals surface area contributed by atoms with Crippen LogP contribution in [0.25, 0.3) is 10.4 Å². The van der Waals surface area contributed by atoms with Crippen molar-refractivity contribution in [2.75, 3.05) is 46.1 Å². The number of nitrogens with two attached hydrogens (primary N) is 1. The van der Waals surface area contributed by atoms with E-state index in [0.717, 1.165) is 27.3 Å². The van der Waals surface area contributed by atoms with Crippen molar-refractivity contribution < 1.29 is 33.7 Å². The van der Waals surface area contributed by atoms with Crippen LogP contribution >= 0.6 is 23.7 Å². The van der Waals surface area contributed by atoms with Gasteiger partial charge >= 0.3 is 0 Å². The monoisotopic (exact) mass is 715 g/mol. The Bertz CT molecular complexity index is 1590. The summed E-state index contributed by atoms with van der Waals surface area (Å²) in [5.74, 6) is -0.541. The molecule has 0 unspecified atom stereocenters. The van der Waals surface area contributed by atoms with Crippen molar-refractivity contribution >= 4 is 41.5 Å². The van der Waals surface area contributed by atoms with E-state index in [-0.39, 0.29) is 62.2 Å². The fourth-order valence-electron chi connectivity index (χ4n) is 6.23. The normalized spacial score (nSPS) is 17.6. The number of aryl methyl sites for hydroxylation is 1. The highest BCUT2D eigenvalue weighted by Crippen LogP contribution is 2.33. The molecule has 2 aromatic carbocycles. The number of thiazole rings is 1. The highest BCUT2D eigenvalue weighted by Gasteiger charge is 2.45. The van der Waals surface area contributed by atoms with E-state index < -0.39 is 18.2 Å². The Morgan fingerprint density at radius 1 is 1.10 bits per heavy atom. The predicted molar refractivity (Wildman–Crippen MR) is 189 cm³/mol. The van der Waals surface area contributed by atoms with E-state index in [1.807, 2.05) is 57.2 Å². The van der Waals surface area contributed by atoms with E-state index in [1.165, 1.54) is 16.2 Å². The Labute approximate surface area is 297 Å². The Kier molecular flexibility index (Phi) is 13.9. The SMILES string of the molecule is Cc1ncsc1-c1ccc(CNC(=O)[C@H]2C[C@H](O)CN2C(=O)[C@@H](C(C)C)N2Cc3ccccc3C2=O)c(OCCOCCOCCN)c1.Cl. The van der Waals surface area contributed by atoms with Gasteiger partial charge in [0.2, 0.25) is 11.8 Å². The van der Waals surface area contributed by atoms with Gasteiger partial charge in [-0.2, -0.15) is 0 Å². The second-order valence-electron chi connectivity index (χ2n) is 12.3. The minimum absolute atomic E-state index is 0. The lowest BCUT2D eigenvalue weighted by Gasteiger charge is -2.35. The fourth-order valence-corrected chi connectivity index (χ4v) is 7.03. The van der Waals surface area contributed by atoms with Gasteiger partial charge in [0.25, 0.3) is 5.91 Å². The molecular formula is C35H46ClN5O7S. The first-order valence-electron chi connectivity index (χ1n) is 16.4. The van der Waals surface area contributed by atoms with Crippen molar-refractivity contribution in [2.45, 2.75) is 58.5 Å². The molecule has 0 saturated carbocycles. The highest BCUT2D eigenvalue weighted by atomic mass is 35.5. The fraction of sp³-hybridized carbons (Fsp3) is 0.486. The molecule has 0 radical (unpaired) electrons. The van der Waals surface area contributed by atoms with E-state index in [1.54, 1.807) is 16.5 Å². The second kappa shape index (κ2) is 17.9. The summed E-state index contributed by atoms with van der Waals surface area (Å²) in [6, 6.07) is 11.5. The molecule has 1 aromatic heterocycles. The molecule has 4 N–H and O–H groups in total. The van der Waals surface area contributed by atoms with Crippen molar-refractivity contribution in [1.29, 1.82) is 0 Å². The Balaban J connectivity index is 0.00000541. The number of aliphatic hydroxyl groups is 1. The molecule has 3 amide bonds. The van der Waals surface area contributed by atoms with Crippen LogP contribution in [0.1, 0.15) is 47.4 Å². The molecule has 2 aliphatic rings. The summed E-state index contributed by atoms with van der Waals surface area (Å²) in [6.45, 7) is 8.66. The first kappa shape index (κ1) is 38.2. The minimum atomic E-state index is -0.882. The van der Waals surface area contributed by atoms with Crippen molar-refractivity contribution in [2.24, 2.45) is 11.7 Å². The van der Waals surface area contributed by atoms with Crippen LogP contribution in [0.15, 0.2) is 48.0 Å².